The lowest BCUT2D eigenvalue weighted by Crippen LogP contribution is -2.40. The molecule has 1 aromatic rings. The van der Waals surface area contributed by atoms with Gasteiger partial charge in [0.1, 0.15) is 0 Å². The predicted octanol–water partition coefficient (Wildman–Crippen LogP) is 2.45. The molecule has 2 atom stereocenters. The zero-order chi connectivity index (χ0) is 19.4. The number of benzene rings is 1. The Kier molecular flexibility index (Phi) is 6.44. The first kappa shape index (κ1) is 20.0. The third kappa shape index (κ3) is 4.08. The number of halogens is 4. The highest BCUT2D eigenvalue weighted by Crippen LogP contribution is 2.25. The smallest absolute Gasteiger partial charge is 0.310 e. The van der Waals surface area contributed by atoms with E-state index in [1.54, 1.807) is 11.8 Å². The number of likely N-dealkylation sites (tertiary alicyclic amines) is 1. The number of nitrogens with zero attached hydrogens (tertiary/aromatic N) is 2. The van der Waals surface area contributed by atoms with Crippen molar-refractivity contribution in [2.45, 2.75) is 20.4 Å². The number of carbonyl (C=O) groups excluding carboxylic acids is 1. The van der Waals surface area contributed by atoms with Crippen LogP contribution in [0.3, 0.4) is 0 Å². The molecule has 2 rings (SSSR count). The third-order valence-electron chi connectivity index (χ3n) is 4.34. The molecule has 2 unspecified atom stereocenters. The van der Waals surface area contributed by atoms with E-state index in [4.69, 9.17) is 4.74 Å². The molecule has 1 aromatic carbocycles. The number of aliphatic imine (C=N–C) groups is 1. The molecule has 0 aromatic heterocycles. The largest absolute Gasteiger partial charge is 0.469 e. The quantitative estimate of drug-likeness (QED) is 0.289. The zero-order valence-corrected chi connectivity index (χ0v) is 14.8. The van der Waals surface area contributed by atoms with E-state index in [2.05, 4.69) is 10.3 Å². The summed E-state index contributed by atoms with van der Waals surface area (Å²) in [7, 11) is 1.31. The van der Waals surface area contributed by atoms with E-state index in [1.807, 2.05) is 6.92 Å². The van der Waals surface area contributed by atoms with Crippen molar-refractivity contribution in [2.75, 3.05) is 26.7 Å². The topological polar surface area (TPSA) is 53.9 Å². The lowest BCUT2D eigenvalue weighted by Gasteiger charge is -2.21. The number of hydrogen-bond acceptors (Lipinski definition) is 3. The summed E-state index contributed by atoms with van der Waals surface area (Å²) in [5, 5.41) is 2.95. The number of ether oxygens (including phenoxy) is 1. The lowest BCUT2D eigenvalue weighted by atomic mass is 9.99. The first-order valence-electron chi connectivity index (χ1n) is 8.23. The molecule has 0 aliphatic carbocycles. The molecule has 0 spiro atoms. The second-order valence-electron chi connectivity index (χ2n) is 6.13. The zero-order valence-electron chi connectivity index (χ0n) is 14.8. The summed E-state index contributed by atoms with van der Waals surface area (Å²) in [4.78, 5) is 17.6. The van der Waals surface area contributed by atoms with Gasteiger partial charge in [-0.2, -0.15) is 0 Å². The van der Waals surface area contributed by atoms with Gasteiger partial charge in [0, 0.05) is 25.7 Å². The summed E-state index contributed by atoms with van der Waals surface area (Å²) >= 11 is 0. The van der Waals surface area contributed by atoms with Crippen LogP contribution in [0.2, 0.25) is 0 Å². The molecule has 1 saturated heterocycles. The minimum Gasteiger partial charge on any atom is -0.469 e. The molecular formula is C17H21F4N3O2. The van der Waals surface area contributed by atoms with Crippen molar-refractivity contribution in [1.82, 2.24) is 10.2 Å². The maximum absolute atomic E-state index is 13.8. The van der Waals surface area contributed by atoms with E-state index < -0.39 is 35.4 Å². The van der Waals surface area contributed by atoms with E-state index in [-0.39, 0.29) is 23.9 Å². The number of methoxy groups -OCH3 is 1. The molecule has 1 N–H and O–H groups in total. The number of nitrogens with one attached hydrogen (secondary N) is 1. The van der Waals surface area contributed by atoms with Crippen molar-refractivity contribution in [2.24, 2.45) is 16.8 Å². The van der Waals surface area contributed by atoms with Crippen LogP contribution < -0.4 is 5.32 Å². The van der Waals surface area contributed by atoms with Crippen LogP contribution in [0.4, 0.5) is 17.6 Å². The van der Waals surface area contributed by atoms with Crippen molar-refractivity contribution in [3.05, 3.63) is 34.9 Å². The summed E-state index contributed by atoms with van der Waals surface area (Å²) in [5.74, 6) is -6.29. The molecule has 0 radical (unpaired) electrons. The minimum atomic E-state index is -1.47. The minimum absolute atomic E-state index is 0.00797. The summed E-state index contributed by atoms with van der Waals surface area (Å²) in [5.41, 5.74) is -0.783. The van der Waals surface area contributed by atoms with E-state index in [0.29, 0.717) is 25.6 Å². The van der Waals surface area contributed by atoms with Crippen molar-refractivity contribution in [1.29, 1.82) is 0 Å². The normalized spacial score (nSPS) is 20.4. The number of rotatable bonds is 4. The maximum Gasteiger partial charge on any atom is 0.310 e. The molecule has 1 fully saturated rings. The van der Waals surface area contributed by atoms with E-state index in [9.17, 15) is 22.4 Å². The van der Waals surface area contributed by atoms with Crippen LogP contribution in [-0.4, -0.2) is 43.6 Å². The van der Waals surface area contributed by atoms with Crippen LogP contribution in [0.1, 0.15) is 19.4 Å². The first-order chi connectivity index (χ1) is 12.3. The van der Waals surface area contributed by atoms with Crippen molar-refractivity contribution in [3.63, 3.8) is 0 Å². The fraction of sp³-hybridized carbons (Fsp3) is 0.529. The molecule has 1 aliphatic heterocycles. The van der Waals surface area contributed by atoms with Gasteiger partial charge in [-0.1, -0.05) is 6.92 Å². The molecular weight excluding hydrogens is 354 g/mol. The Bertz CT molecular complexity index is 685. The summed E-state index contributed by atoms with van der Waals surface area (Å²) in [6.45, 7) is 4.37. The second-order valence-corrected chi connectivity index (χ2v) is 6.13. The van der Waals surface area contributed by atoms with Gasteiger partial charge in [0.15, 0.2) is 29.2 Å². The van der Waals surface area contributed by atoms with Crippen LogP contribution in [0.15, 0.2) is 11.1 Å². The van der Waals surface area contributed by atoms with Gasteiger partial charge >= 0.3 is 5.97 Å². The van der Waals surface area contributed by atoms with Gasteiger partial charge in [0.05, 0.1) is 25.1 Å². The molecule has 144 valence electrons. The van der Waals surface area contributed by atoms with Crippen molar-refractivity contribution >= 4 is 11.9 Å². The van der Waals surface area contributed by atoms with Crippen LogP contribution in [0.5, 0.6) is 0 Å². The predicted molar refractivity (Wildman–Crippen MR) is 87.3 cm³/mol. The van der Waals surface area contributed by atoms with Gasteiger partial charge in [-0.15, -0.1) is 0 Å². The Balaban J connectivity index is 2.25. The van der Waals surface area contributed by atoms with E-state index in [0.717, 1.165) is 0 Å². The number of guanidine groups is 1. The highest BCUT2D eigenvalue weighted by molar-refractivity contribution is 5.82. The van der Waals surface area contributed by atoms with Crippen LogP contribution in [0, 0.1) is 35.1 Å². The lowest BCUT2D eigenvalue weighted by molar-refractivity contribution is -0.145. The average molecular weight is 375 g/mol. The van der Waals surface area contributed by atoms with E-state index in [1.165, 1.54) is 7.11 Å². The SMILES string of the molecule is CCNC(=NCc1c(F)c(F)cc(F)c1F)N1CC(C)C(C(=O)OC)C1. The molecule has 1 aliphatic rings. The summed E-state index contributed by atoms with van der Waals surface area (Å²) < 4.78 is 59.0. The number of hydrogen-bond donors (Lipinski definition) is 1. The van der Waals surface area contributed by atoms with E-state index >= 15 is 0 Å². The van der Waals surface area contributed by atoms with Crippen LogP contribution in [0.25, 0.3) is 0 Å². The number of carbonyl (C=O) groups is 1. The summed E-state index contributed by atoms with van der Waals surface area (Å²) in [6.07, 6.45) is 0. The average Bonchev–Trinajstić information content (AvgIpc) is 3.00. The Morgan fingerprint density at radius 3 is 2.42 bits per heavy atom. The molecule has 0 bridgehead atoms. The second kappa shape index (κ2) is 8.37. The molecule has 0 amide bonds. The molecule has 26 heavy (non-hydrogen) atoms. The third-order valence-corrected chi connectivity index (χ3v) is 4.34. The first-order valence-corrected chi connectivity index (χ1v) is 8.23. The fourth-order valence-electron chi connectivity index (χ4n) is 2.94. The molecule has 9 heteroatoms. The van der Waals surface area contributed by atoms with Gasteiger partial charge in [0.25, 0.3) is 0 Å². The standard InChI is InChI=1S/C17H21F4N3O2/c1-4-22-17(24-7-9(2)11(8-24)16(25)26-3)23-6-10-14(20)12(18)5-13(19)15(10)21/h5,9,11H,4,6-8H2,1-3H3,(H,22,23). The van der Waals surface area contributed by atoms with Gasteiger partial charge in [-0.3, -0.25) is 4.79 Å². The highest BCUT2D eigenvalue weighted by atomic mass is 19.2. The van der Waals surface area contributed by atoms with Gasteiger partial charge in [0.2, 0.25) is 0 Å². The Labute approximate surface area is 149 Å². The molecule has 0 saturated carbocycles. The molecule has 5 nitrogen and oxygen atoms in total. The molecule has 1 heterocycles. The van der Waals surface area contributed by atoms with Crippen LogP contribution in [-0.2, 0) is 16.1 Å². The van der Waals surface area contributed by atoms with Crippen molar-refractivity contribution < 1.29 is 27.1 Å². The van der Waals surface area contributed by atoms with Crippen molar-refractivity contribution in [3.8, 4) is 0 Å². The Morgan fingerprint density at radius 2 is 1.88 bits per heavy atom. The number of esters is 1. The van der Waals surface area contributed by atoms with Gasteiger partial charge in [-0.05, 0) is 12.8 Å². The summed E-state index contributed by atoms with van der Waals surface area (Å²) in [6, 6.07) is 0.159. The van der Waals surface area contributed by atoms with Crippen LogP contribution >= 0.6 is 0 Å². The Morgan fingerprint density at radius 1 is 1.27 bits per heavy atom. The maximum atomic E-state index is 13.8. The van der Waals surface area contributed by atoms with Gasteiger partial charge in [-0.25, -0.2) is 22.6 Å². The Hall–Kier alpha value is -2.32. The monoisotopic (exact) mass is 375 g/mol. The fourth-order valence-corrected chi connectivity index (χ4v) is 2.94. The van der Waals surface area contributed by atoms with Gasteiger partial charge < -0.3 is 15.0 Å². The highest BCUT2D eigenvalue weighted by Gasteiger charge is 2.37.